The Kier molecular flexibility index (Phi) is 5.49. The summed E-state index contributed by atoms with van der Waals surface area (Å²) in [7, 11) is 0. The zero-order valence-corrected chi connectivity index (χ0v) is 10.6. The van der Waals surface area contributed by atoms with Crippen molar-refractivity contribution in [3.05, 3.63) is 16.8 Å². The van der Waals surface area contributed by atoms with Crippen LogP contribution < -0.4 is 5.32 Å². The van der Waals surface area contributed by atoms with Gasteiger partial charge < -0.3 is 15.5 Å². The van der Waals surface area contributed by atoms with E-state index in [1.54, 1.807) is 0 Å². The summed E-state index contributed by atoms with van der Waals surface area (Å²) in [5.74, 6) is 0.360. The Morgan fingerprint density at radius 3 is 2.56 bits per heavy atom. The molecule has 0 fully saturated rings. The van der Waals surface area contributed by atoms with Crippen molar-refractivity contribution < 1.29 is 10.2 Å². The third-order valence-corrected chi connectivity index (χ3v) is 2.67. The van der Waals surface area contributed by atoms with E-state index in [-0.39, 0.29) is 13.2 Å². The van der Waals surface area contributed by atoms with Crippen molar-refractivity contribution in [1.82, 2.24) is 10.2 Å². The quantitative estimate of drug-likeness (QED) is 0.668. The molecule has 0 aliphatic carbocycles. The van der Waals surface area contributed by atoms with Crippen molar-refractivity contribution in [2.75, 3.05) is 18.5 Å². The number of hydrogen-bond acceptors (Lipinski definition) is 6. The molecule has 3 N–H and O–H groups in total. The highest BCUT2D eigenvalue weighted by Gasteiger charge is 2.14. The lowest BCUT2D eigenvalue weighted by Gasteiger charge is -2.13. The smallest absolute Gasteiger partial charge is 0.167 e. The average molecular weight is 250 g/mol. The molecule has 0 radical (unpaired) electrons. The van der Waals surface area contributed by atoms with Crippen LogP contribution in [0.4, 0.5) is 5.82 Å². The van der Waals surface area contributed by atoms with Crippen molar-refractivity contribution >= 4 is 5.82 Å². The normalized spacial score (nSPS) is 11.9. The number of aryl methyl sites for hydroxylation is 1. The van der Waals surface area contributed by atoms with Crippen LogP contribution in [0.2, 0.25) is 0 Å². The van der Waals surface area contributed by atoms with Gasteiger partial charge in [0.1, 0.15) is 11.6 Å². The lowest BCUT2D eigenvalue weighted by atomic mass is 10.0. The second kappa shape index (κ2) is 6.89. The largest absolute Gasteiger partial charge is 0.394 e. The minimum atomic E-state index is -0.880. The number of anilines is 1. The third kappa shape index (κ3) is 3.15. The predicted molar refractivity (Wildman–Crippen MR) is 67.1 cm³/mol. The molecule has 0 aliphatic heterocycles. The number of hydrogen-bond donors (Lipinski definition) is 3. The summed E-state index contributed by atoms with van der Waals surface area (Å²) in [6, 6.07) is 2.12. The highest BCUT2D eigenvalue weighted by molar-refractivity contribution is 5.56. The van der Waals surface area contributed by atoms with Crippen LogP contribution in [0.15, 0.2) is 0 Å². The minimum absolute atomic E-state index is 0.133. The Morgan fingerprint density at radius 2 is 2.06 bits per heavy atom. The first kappa shape index (κ1) is 14.4. The summed E-state index contributed by atoms with van der Waals surface area (Å²) in [5.41, 5.74) is 2.17. The summed E-state index contributed by atoms with van der Waals surface area (Å²) >= 11 is 0. The predicted octanol–water partition coefficient (Wildman–Crippen LogP) is 0.238. The van der Waals surface area contributed by atoms with Gasteiger partial charge in [-0.2, -0.15) is 10.4 Å². The Balaban J connectivity index is 3.02. The maximum atomic E-state index is 9.27. The molecule has 1 aromatic heterocycles. The number of nitrogens with one attached hydrogen (secondary N) is 1. The van der Waals surface area contributed by atoms with Crippen LogP contribution in [0.25, 0.3) is 0 Å². The van der Waals surface area contributed by atoms with Gasteiger partial charge in [0.25, 0.3) is 0 Å². The fourth-order valence-corrected chi connectivity index (χ4v) is 1.70. The number of nitrogens with zero attached hydrogens (tertiary/aromatic N) is 3. The summed E-state index contributed by atoms with van der Waals surface area (Å²) in [4.78, 5) is 0. The van der Waals surface area contributed by atoms with Crippen molar-refractivity contribution in [3.63, 3.8) is 0 Å². The fourth-order valence-electron chi connectivity index (χ4n) is 1.70. The zero-order chi connectivity index (χ0) is 13.5. The molecule has 0 spiro atoms. The second-order valence-corrected chi connectivity index (χ2v) is 3.89. The molecule has 1 aromatic rings. The van der Waals surface area contributed by atoms with Crippen LogP contribution in [-0.2, 0) is 12.8 Å². The van der Waals surface area contributed by atoms with E-state index in [0.717, 1.165) is 17.7 Å². The van der Waals surface area contributed by atoms with Crippen molar-refractivity contribution in [2.24, 2.45) is 0 Å². The van der Waals surface area contributed by atoms with E-state index in [1.807, 2.05) is 13.8 Å². The molecule has 98 valence electrons. The maximum absolute atomic E-state index is 9.27. The van der Waals surface area contributed by atoms with Gasteiger partial charge in [-0.05, 0) is 18.4 Å². The lowest BCUT2D eigenvalue weighted by Crippen LogP contribution is -2.24. The van der Waals surface area contributed by atoms with Crippen LogP contribution in [0.1, 0.15) is 30.7 Å². The van der Waals surface area contributed by atoms with Gasteiger partial charge in [0, 0.05) is 6.54 Å². The third-order valence-electron chi connectivity index (χ3n) is 2.67. The molecule has 0 aliphatic rings. The number of aliphatic hydroxyl groups excluding tert-OH is 2. The van der Waals surface area contributed by atoms with Gasteiger partial charge in [-0.3, -0.25) is 0 Å². The Bertz CT molecular complexity index is 442. The zero-order valence-electron chi connectivity index (χ0n) is 10.6. The molecule has 0 amide bonds. The van der Waals surface area contributed by atoms with Gasteiger partial charge in [0.05, 0.1) is 18.4 Å². The monoisotopic (exact) mass is 250 g/mol. The number of nitriles is 1. The molecule has 0 unspecified atom stereocenters. The number of aromatic nitrogens is 2. The van der Waals surface area contributed by atoms with Gasteiger partial charge in [0.15, 0.2) is 5.82 Å². The Labute approximate surface area is 106 Å². The summed E-state index contributed by atoms with van der Waals surface area (Å²) in [5, 5.41) is 38.1. The van der Waals surface area contributed by atoms with E-state index in [4.69, 9.17) is 5.11 Å². The topological polar surface area (TPSA) is 102 Å². The molecule has 1 heterocycles. The van der Waals surface area contributed by atoms with Gasteiger partial charge in [-0.25, -0.2) is 0 Å². The van der Waals surface area contributed by atoms with Crippen molar-refractivity contribution in [1.29, 1.82) is 5.26 Å². The van der Waals surface area contributed by atoms with E-state index in [9.17, 15) is 10.4 Å². The van der Waals surface area contributed by atoms with Crippen molar-refractivity contribution in [3.8, 4) is 6.07 Å². The summed E-state index contributed by atoms with van der Waals surface area (Å²) in [6.07, 6.45) is 0.553. The molecular weight excluding hydrogens is 232 g/mol. The van der Waals surface area contributed by atoms with Gasteiger partial charge in [-0.1, -0.05) is 13.8 Å². The highest BCUT2D eigenvalue weighted by Crippen LogP contribution is 2.19. The minimum Gasteiger partial charge on any atom is -0.394 e. The molecule has 6 nitrogen and oxygen atoms in total. The average Bonchev–Trinajstić information content (AvgIpc) is 2.43. The molecule has 0 bridgehead atoms. The molecule has 1 atom stereocenters. The van der Waals surface area contributed by atoms with Crippen LogP contribution in [-0.4, -0.2) is 39.7 Å². The van der Waals surface area contributed by atoms with E-state index in [2.05, 4.69) is 21.6 Å². The first-order chi connectivity index (χ1) is 8.67. The van der Waals surface area contributed by atoms with E-state index in [1.165, 1.54) is 0 Å². The Morgan fingerprint density at radius 1 is 1.33 bits per heavy atom. The molecular formula is C12H18N4O2. The van der Waals surface area contributed by atoms with E-state index in [0.29, 0.717) is 17.8 Å². The van der Waals surface area contributed by atoms with E-state index < -0.39 is 6.10 Å². The Hall–Kier alpha value is -1.71. The molecule has 0 aromatic carbocycles. The summed E-state index contributed by atoms with van der Waals surface area (Å²) in [6.45, 7) is 3.72. The maximum Gasteiger partial charge on any atom is 0.167 e. The molecule has 0 saturated heterocycles. The van der Waals surface area contributed by atoms with Crippen LogP contribution in [0.3, 0.4) is 0 Å². The molecule has 1 rings (SSSR count). The standard InChI is InChI=1S/C12H18N4O2/c1-3-9-10(5-13)12(14-6-8(18)7-17)16-15-11(9)4-2/h8,17-18H,3-4,6-7H2,1-2H3,(H,14,16)/t8-/m0/s1. The van der Waals surface area contributed by atoms with Crippen LogP contribution >= 0.6 is 0 Å². The number of rotatable bonds is 6. The summed E-state index contributed by atoms with van der Waals surface area (Å²) < 4.78 is 0. The van der Waals surface area contributed by atoms with Crippen LogP contribution in [0.5, 0.6) is 0 Å². The van der Waals surface area contributed by atoms with Gasteiger partial charge >= 0.3 is 0 Å². The van der Waals surface area contributed by atoms with Crippen LogP contribution in [0, 0.1) is 11.3 Å². The first-order valence-electron chi connectivity index (χ1n) is 5.99. The number of aliphatic hydroxyl groups is 2. The first-order valence-corrected chi connectivity index (χ1v) is 5.99. The fraction of sp³-hybridized carbons (Fsp3) is 0.583. The second-order valence-electron chi connectivity index (χ2n) is 3.89. The molecule has 6 heteroatoms. The van der Waals surface area contributed by atoms with Gasteiger partial charge in [0.2, 0.25) is 0 Å². The molecule has 18 heavy (non-hydrogen) atoms. The SMILES string of the molecule is CCc1nnc(NC[C@H](O)CO)c(C#N)c1CC. The van der Waals surface area contributed by atoms with Crippen molar-refractivity contribution in [2.45, 2.75) is 32.8 Å². The highest BCUT2D eigenvalue weighted by atomic mass is 16.3. The van der Waals surface area contributed by atoms with E-state index >= 15 is 0 Å². The van der Waals surface area contributed by atoms with Gasteiger partial charge in [-0.15, -0.1) is 5.10 Å². The molecule has 0 saturated carbocycles. The lowest BCUT2D eigenvalue weighted by molar-refractivity contribution is 0.105.